The van der Waals surface area contributed by atoms with Crippen molar-refractivity contribution in [3.05, 3.63) is 60.6 Å². The lowest BCUT2D eigenvalue weighted by Crippen LogP contribution is -2.41. The monoisotopic (exact) mass is 382 g/mol. The molecule has 0 spiro atoms. The van der Waals surface area contributed by atoms with Crippen LogP contribution in [0.25, 0.3) is 5.69 Å². The van der Waals surface area contributed by atoms with Crippen LogP contribution < -0.4 is 11.2 Å². The van der Waals surface area contributed by atoms with Crippen LogP contribution in [-0.2, 0) is 18.2 Å². The fourth-order valence-corrected chi connectivity index (χ4v) is 2.86. The van der Waals surface area contributed by atoms with Crippen molar-refractivity contribution >= 4 is 17.6 Å². The van der Waals surface area contributed by atoms with Gasteiger partial charge in [0.2, 0.25) is 0 Å². The molecule has 1 aromatic heterocycles. The zero-order valence-corrected chi connectivity index (χ0v) is 16.0. The predicted octanol–water partition coefficient (Wildman–Crippen LogP) is 2.76. The highest BCUT2D eigenvalue weighted by molar-refractivity contribution is 6.33. The molecule has 0 N–H and O–H groups in total. The molecule has 0 atom stereocenters. The summed E-state index contributed by atoms with van der Waals surface area (Å²) in [6.07, 6.45) is -0.0373. The molecule has 140 valence electrons. The van der Waals surface area contributed by atoms with Crippen molar-refractivity contribution in [2.75, 3.05) is 0 Å². The van der Waals surface area contributed by atoms with Gasteiger partial charge >= 0.3 is 11.7 Å². The summed E-state index contributed by atoms with van der Waals surface area (Å²) in [6.45, 7) is 6.73. The Balaban J connectivity index is 2.82. The van der Waals surface area contributed by atoms with Gasteiger partial charge < -0.3 is 9.30 Å². The Hall–Kier alpha value is -2.41. The van der Waals surface area contributed by atoms with E-state index in [0.717, 1.165) is 12.1 Å². The number of carbonyl (C=O) groups excluding carboxylic acids is 1. The van der Waals surface area contributed by atoms with Crippen molar-refractivity contribution in [3.8, 4) is 5.69 Å². The van der Waals surface area contributed by atoms with E-state index in [2.05, 4.69) is 0 Å². The number of nitrogens with zero attached hydrogens (tertiary/aromatic N) is 2. The van der Waals surface area contributed by atoms with E-state index in [1.54, 1.807) is 27.7 Å². The van der Waals surface area contributed by atoms with Crippen LogP contribution in [0.2, 0.25) is 5.02 Å². The van der Waals surface area contributed by atoms with E-state index in [0.29, 0.717) is 22.2 Å². The third-order valence-electron chi connectivity index (χ3n) is 4.07. The lowest BCUT2D eigenvalue weighted by Gasteiger charge is -2.15. The second-order valence-corrected chi connectivity index (χ2v) is 6.54. The maximum Gasteiger partial charge on any atom is 0.339 e. The number of esters is 1. The maximum absolute atomic E-state index is 14.5. The minimum absolute atomic E-state index is 0.121. The molecule has 0 amide bonds. The summed E-state index contributed by atoms with van der Waals surface area (Å²) in [5, 5.41) is -0.162. The van der Waals surface area contributed by atoms with Crippen LogP contribution in [0.1, 0.15) is 42.4 Å². The van der Waals surface area contributed by atoms with Gasteiger partial charge in [-0.05, 0) is 39.3 Å². The average molecular weight is 383 g/mol. The first-order valence-electron chi connectivity index (χ1n) is 8.12. The number of aromatic nitrogens is 2. The standard InChI is InChI=1S/C18H20ClFN2O4/c1-6-11-10(4)21(5)18(25)22(16(11)23)15-7-12(13(19)8-14(15)20)17(24)26-9(2)3/h7-9H,6H2,1-5H3. The van der Waals surface area contributed by atoms with E-state index < -0.39 is 29.1 Å². The summed E-state index contributed by atoms with van der Waals surface area (Å²) in [5.41, 5.74) is -0.915. The van der Waals surface area contributed by atoms with Crippen molar-refractivity contribution in [2.45, 2.75) is 40.2 Å². The molecule has 2 rings (SSSR count). The number of hydrogen-bond donors (Lipinski definition) is 0. The molecule has 8 heteroatoms. The average Bonchev–Trinajstić information content (AvgIpc) is 2.54. The first-order valence-corrected chi connectivity index (χ1v) is 8.49. The smallest absolute Gasteiger partial charge is 0.339 e. The van der Waals surface area contributed by atoms with Gasteiger partial charge in [-0.25, -0.2) is 18.5 Å². The summed E-state index contributed by atoms with van der Waals surface area (Å²) in [5.74, 6) is -1.65. The molecule has 0 saturated heterocycles. The summed E-state index contributed by atoms with van der Waals surface area (Å²) in [4.78, 5) is 37.5. The van der Waals surface area contributed by atoms with Gasteiger partial charge in [-0.2, -0.15) is 0 Å². The first kappa shape index (κ1) is 19.9. The van der Waals surface area contributed by atoms with Crippen LogP contribution in [0.15, 0.2) is 21.7 Å². The number of ether oxygens (including phenoxy) is 1. The zero-order chi connectivity index (χ0) is 19.8. The molecular weight excluding hydrogens is 363 g/mol. The van der Waals surface area contributed by atoms with Gasteiger partial charge in [0.25, 0.3) is 5.56 Å². The van der Waals surface area contributed by atoms with E-state index >= 15 is 0 Å². The number of carbonyl (C=O) groups is 1. The lowest BCUT2D eigenvalue weighted by molar-refractivity contribution is 0.0378. The van der Waals surface area contributed by atoms with Gasteiger partial charge in [-0.15, -0.1) is 0 Å². The molecule has 2 aromatic rings. The van der Waals surface area contributed by atoms with Crippen LogP contribution in [0.3, 0.4) is 0 Å². The van der Waals surface area contributed by atoms with E-state index in [1.807, 2.05) is 0 Å². The molecular formula is C18H20ClFN2O4. The Labute approximate surface area is 154 Å². The minimum atomic E-state index is -0.888. The number of rotatable bonds is 4. The minimum Gasteiger partial charge on any atom is -0.459 e. The molecule has 0 fully saturated rings. The van der Waals surface area contributed by atoms with E-state index in [4.69, 9.17) is 16.3 Å². The van der Waals surface area contributed by atoms with E-state index in [1.165, 1.54) is 11.6 Å². The quantitative estimate of drug-likeness (QED) is 0.762. The van der Waals surface area contributed by atoms with Crippen LogP contribution >= 0.6 is 11.6 Å². The van der Waals surface area contributed by atoms with E-state index in [-0.39, 0.29) is 16.3 Å². The van der Waals surface area contributed by atoms with Gasteiger partial charge in [0, 0.05) is 18.3 Å². The fourth-order valence-electron chi connectivity index (χ4n) is 2.63. The lowest BCUT2D eigenvalue weighted by atomic mass is 10.1. The Morgan fingerprint density at radius 2 is 1.92 bits per heavy atom. The number of benzene rings is 1. The Bertz CT molecular complexity index is 992. The highest BCUT2D eigenvalue weighted by Crippen LogP contribution is 2.23. The van der Waals surface area contributed by atoms with Gasteiger partial charge in [0.1, 0.15) is 5.82 Å². The SMILES string of the molecule is CCc1c(C)n(C)c(=O)n(-c2cc(C(=O)OC(C)C)c(Cl)cc2F)c1=O. The van der Waals surface area contributed by atoms with Crippen LogP contribution in [-0.4, -0.2) is 21.2 Å². The van der Waals surface area contributed by atoms with Crippen molar-refractivity contribution in [3.63, 3.8) is 0 Å². The van der Waals surface area contributed by atoms with Gasteiger partial charge in [-0.1, -0.05) is 18.5 Å². The number of halogens is 2. The molecule has 0 aliphatic rings. The largest absolute Gasteiger partial charge is 0.459 e. The van der Waals surface area contributed by atoms with Crippen molar-refractivity contribution in [1.29, 1.82) is 0 Å². The molecule has 0 bridgehead atoms. The second kappa shape index (κ2) is 7.45. The Morgan fingerprint density at radius 1 is 1.31 bits per heavy atom. The zero-order valence-electron chi connectivity index (χ0n) is 15.2. The highest BCUT2D eigenvalue weighted by Gasteiger charge is 2.22. The molecule has 0 aliphatic carbocycles. The third kappa shape index (κ3) is 3.44. The Kier molecular flexibility index (Phi) is 5.71. The van der Waals surface area contributed by atoms with Crippen LogP contribution in [0.5, 0.6) is 0 Å². The summed E-state index contributed by atoms with van der Waals surface area (Å²) < 4.78 is 21.6. The first-order chi connectivity index (χ1) is 12.1. The third-order valence-corrected chi connectivity index (χ3v) is 4.39. The maximum atomic E-state index is 14.5. The molecule has 1 aromatic carbocycles. The van der Waals surface area contributed by atoms with Crippen molar-refractivity contribution in [1.82, 2.24) is 9.13 Å². The molecule has 26 heavy (non-hydrogen) atoms. The summed E-state index contributed by atoms with van der Waals surface area (Å²) in [6, 6.07) is 1.96. The fraction of sp³-hybridized carbons (Fsp3) is 0.389. The molecule has 0 unspecified atom stereocenters. The topological polar surface area (TPSA) is 70.3 Å². The molecule has 0 saturated carbocycles. The highest BCUT2D eigenvalue weighted by atomic mass is 35.5. The van der Waals surface area contributed by atoms with Gasteiger partial charge in [-0.3, -0.25) is 4.79 Å². The summed E-state index contributed by atoms with van der Waals surface area (Å²) in [7, 11) is 1.49. The second-order valence-electron chi connectivity index (χ2n) is 6.14. The van der Waals surface area contributed by atoms with E-state index in [9.17, 15) is 18.8 Å². The molecule has 6 nitrogen and oxygen atoms in total. The van der Waals surface area contributed by atoms with Gasteiger partial charge in [0.05, 0.1) is 22.4 Å². The van der Waals surface area contributed by atoms with Gasteiger partial charge in [0.15, 0.2) is 0 Å². The Morgan fingerprint density at radius 3 is 2.46 bits per heavy atom. The predicted molar refractivity (Wildman–Crippen MR) is 96.9 cm³/mol. The molecule has 1 heterocycles. The summed E-state index contributed by atoms with van der Waals surface area (Å²) >= 11 is 5.95. The van der Waals surface area contributed by atoms with Crippen molar-refractivity contribution < 1.29 is 13.9 Å². The van der Waals surface area contributed by atoms with Crippen molar-refractivity contribution in [2.24, 2.45) is 7.05 Å². The number of hydrogen-bond acceptors (Lipinski definition) is 4. The molecule has 0 aliphatic heterocycles. The van der Waals surface area contributed by atoms with Crippen LogP contribution in [0.4, 0.5) is 4.39 Å². The normalized spacial score (nSPS) is 11.1. The molecule has 0 radical (unpaired) electrons. The van der Waals surface area contributed by atoms with Crippen LogP contribution in [0, 0.1) is 12.7 Å².